The summed E-state index contributed by atoms with van der Waals surface area (Å²) >= 11 is 0. The standard InChI is InChI=1S/C9H17NO3/c1-6(9(11)12)10-7-4-3-5-8(7)13-2/h6-8,10H,3-5H2,1-2H3,(H,11,12). The van der Waals surface area contributed by atoms with Crippen LogP contribution in [0.2, 0.25) is 0 Å². The number of carboxylic acid groups (broad SMARTS) is 1. The molecule has 0 amide bonds. The topological polar surface area (TPSA) is 58.6 Å². The van der Waals surface area contributed by atoms with E-state index in [0.29, 0.717) is 0 Å². The van der Waals surface area contributed by atoms with E-state index in [2.05, 4.69) is 5.32 Å². The van der Waals surface area contributed by atoms with Crippen LogP contribution >= 0.6 is 0 Å². The molecule has 0 aliphatic heterocycles. The van der Waals surface area contributed by atoms with Gasteiger partial charge in [-0.3, -0.25) is 10.1 Å². The Bertz CT molecular complexity index is 184. The van der Waals surface area contributed by atoms with E-state index in [1.807, 2.05) is 0 Å². The van der Waals surface area contributed by atoms with Crippen molar-refractivity contribution in [1.29, 1.82) is 0 Å². The summed E-state index contributed by atoms with van der Waals surface area (Å²) in [5, 5.41) is 11.8. The number of carbonyl (C=O) groups is 1. The molecule has 0 radical (unpaired) electrons. The summed E-state index contributed by atoms with van der Waals surface area (Å²) in [5.74, 6) is -0.804. The van der Waals surface area contributed by atoms with E-state index in [0.717, 1.165) is 19.3 Å². The van der Waals surface area contributed by atoms with Crippen molar-refractivity contribution in [2.24, 2.45) is 0 Å². The molecule has 1 saturated carbocycles. The second-order valence-corrected chi connectivity index (χ2v) is 3.54. The normalized spacial score (nSPS) is 30.3. The summed E-state index contributed by atoms with van der Waals surface area (Å²) in [5.41, 5.74) is 0. The zero-order chi connectivity index (χ0) is 9.84. The summed E-state index contributed by atoms with van der Waals surface area (Å²) in [4.78, 5) is 10.6. The lowest BCUT2D eigenvalue weighted by molar-refractivity contribution is -0.139. The summed E-state index contributed by atoms with van der Waals surface area (Å²) < 4.78 is 5.25. The van der Waals surface area contributed by atoms with Gasteiger partial charge in [-0.05, 0) is 26.2 Å². The lowest BCUT2D eigenvalue weighted by Crippen LogP contribution is -2.45. The van der Waals surface area contributed by atoms with Crippen molar-refractivity contribution in [3.05, 3.63) is 0 Å². The maximum Gasteiger partial charge on any atom is 0.320 e. The first-order valence-corrected chi connectivity index (χ1v) is 4.66. The number of aliphatic carboxylic acids is 1. The Morgan fingerprint density at radius 2 is 2.31 bits per heavy atom. The zero-order valence-corrected chi connectivity index (χ0v) is 8.12. The van der Waals surface area contributed by atoms with E-state index >= 15 is 0 Å². The first-order chi connectivity index (χ1) is 6.15. The van der Waals surface area contributed by atoms with Gasteiger partial charge in [0.2, 0.25) is 0 Å². The second-order valence-electron chi connectivity index (χ2n) is 3.54. The Balaban J connectivity index is 2.39. The van der Waals surface area contributed by atoms with Crippen LogP contribution < -0.4 is 5.32 Å². The minimum absolute atomic E-state index is 0.182. The van der Waals surface area contributed by atoms with Gasteiger partial charge in [0.25, 0.3) is 0 Å². The zero-order valence-electron chi connectivity index (χ0n) is 8.12. The Morgan fingerprint density at radius 3 is 2.85 bits per heavy atom. The van der Waals surface area contributed by atoms with Crippen LogP contribution in [0.5, 0.6) is 0 Å². The molecule has 13 heavy (non-hydrogen) atoms. The van der Waals surface area contributed by atoms with E-state index in [-0.39, 0.29) is 12.1 Å². The third-order valence-corrected chi connectivity index (χ3v) is 2.59. The van der Waals surface area contributed by atoms with Gasteiger partial charge in [0.15, 0.2) is 0 Å². The van der Waals surface area contributed by atoms with Crippen LogP contribution in [0.3, 0.4) is 0 Å². The van der Waals surface area contributed by atoms with Gasteiger partial charge in [-0.15, -0.1) is 0 Å². The molecule has 1 aliphatic rings. The van der Waals surface area contributed by atoms with Crippen molar-refractivity contribution >= 4 is 5.97 Å². The van der Waals surface area contributed by atoms with Crippen LogP contribution in [0.15, 0.2) is 0 Å². The van der Waals surface area contributed by atoms with Crippen molar-refractivity contribution < 1.29 is 14.6 Å². The molecule has 1 rings (SSSR count). The third-order valence-electron chi connectivity index (χ3n) is 2.59. The Kier molecular flexibility index (Phi) is 3.69. The van der Waals surface area contributed by atoms with Gasteiger partial charge in [-0.2, -0.15) is 0 Å². The molecule has 4 nitrogen and oxygen atoms in total. The molecular formula is C9H17NO3. The van der Waals surface area contributed by atoms with Crippen LogP contribution in [0.4, 0.5) is 0 Å². The molecule has 76 valence electrons. The molecule has 0 heterocycles. The van der Waals surface area contributed by atoms with E-state index < -0.39 is 12.0 Å². The Hall–Kier alpha value is -0.610. The van der Waals surface area contributed by atoms with Crippen molar-refractivity contribution in [1.82, 2.24) is 5.32 Å². The number of hydrogen-bond donors (Lipinski definition) is 2. The fraction of sp³-hybridized carbons (Fsp3) is 0.889. The molecule has 0 bridgehead atoms. The number of carboxylic acids is 1. The Morgan fingerprint density at radius 1 is 1.62 bits per heavy atom. The van der Waals surface area contributed by atoms with Gasteiger partial charge in [0.05, 0.1) is 6.10 Å². The molecule has 0 saturated heterocycles. The molecular weight excluding hydrogens is 170 g/mol. The van der Waals surface area contributed by atoms with Gasteiger partial charge in [-0.25, -0.2) is 0 Å². The quantitative estimate of drug-likeness (QED) is 0.677. The van der Waals surface area contributed by atoms with Crippen LogP contribution in [0.1, 0.15) is 26.2 Å². The molecule has 3 atom stereocenters. The fourth-order valence-electron chi connectivity index (χ4n) is 1.79. The molecule has 2 N–H and O–H groups in total. The van der Waals surface area contributed by atoms with E-state index in [9.17, 15) is 4.79 Å². The minimum Gasteiger partial charge on any atom is -0.480 e. The maximum atomic E-state index is 10.6. The maximum absolute atomic E-state index is 10.6. The largest absolute Gasteiger partial charge is 0.480 e. The number of ether oxygens (including phenoxy) is 1. The highest BCUT2D eigenvalue weighted by Crippen LogP contribution is 2.21. The predicted molar refractivity (Wildman–Crippen MR) is 48.7 cm³/mol. The predicted octanol–water partition coefficient (Wildman–Crippen LogP) is 0.617. The Labute approximate surface area is 78.3 Å². The van der Waals surface area contributed by atoms with Gasteiger partial charge >= 0.3 is 5.97 Å². The van der Waals surface area contributed by atoms with Crippen molar-refractivity contribution in [2.45, 2.75) is 44.4 Å². The first-order valence-electron chi connectivity index (χ1n) is 4.66. The molecule has 3 unspecified atom stereocenters. The SMILES string of the molecule is COC1CCCC1NC(C)C(=O)O. The average molecular weight is 187 g/mol. The second kappa shape index (κ2) is 4.58. The molecule has 0 aromatic carbocycles. The number of rotatable bonds is 4. The molecule has 0 aromatic heterocycles. The average Bonchev–Trinajstić information content (AvgIpc) is 2.51. The number of methoxy groups -OCH3 is 1. The molecule has 1 fully saturated rings. The summed E-state index contributed by atoms with van der Waals surface area (Å²) in [7, 11) is 1.68. The van der Waals surface area contributed by atoms with Crippen LogP contribution in [-0.2, 0) is 9.53 Å². The minimum atomic E-state index is -0.804. The van der Waals surface area contributed by atoms with Crippen LogP contribution in [-0.4, -0.2) is 36.4 Å². The highest BCUT2D eigenvalue weighted by Gasteiger charge is 2.29. The van der Waals surface area contributed by atoms with Crippen molar-refractivity contribution in [3.8, 4) is 0 Å². The van der Waals surface area contributed by atoms with Gasteiger partial charge in [0.1, 0.15) is 6.04 Å². The van der Waals surface area contributed by atoms with Crippen molar-refractivity contribution in [3.63, 3.8) is 0 Å². The van der Waals surface area contributed by atoms with Crippen molar-refractivity contribution in [2.75, 3.05) is 7.11 Å². The fourth-order valence-corrected chi connectivity index (χ4v) is 1.79. The number of hydrogen-bond acceptors (Lipinski definition) is 3. The van der Waals surface area contributed by atoms with Gasteiger partial charge in [-0.1, -0.05) is 0 Å². The highest BCUT2D eigenvalue weighted by atomic mass is 16.5. The van der Waals surface area contributed by atoms with E-state index in [4.69, 9.17) is 9.84 Å². The monoisotopic (exact) mass is 187 g/mol. The molecule has 4 heteroatoms. The lowest BCUT2D eigenvalue weighted by atomic mass is 10.2. The summed E-state index contributed by atoms with van der Waals surface area (Å²) in [6.45, 7) is 1.66. The highest BCUT2D eigenvalue weighted by molar-refractivity contribution is 5.72. The molecule has 0 spiro atoms. The first kappa shape index (κ1) is 10.5. The summed E-state index contributed by atoms with van der Waals surface area (Å²) in [6, 6.07) is -0.281. The molecule has 1 aliphatic carbocycles. The lowest BCUT2D eigenvalue weighted by Gasteiger charge is -2.21. The molecule has 0 aromatic rings. The van der Waals surface area contributed by atoms with E-state index in [1.54, 1.807) is 14.0 Å². The van der Waals surface area contributed by atoms with Gasteiger partial charge in [0, 0.05) is 13.2 Å². The van der Waals surface area contributed by atoms with Crippen LogP contribution in [0, 0.1) is 0 Å². The van der Waals surface area contributed by atoms with Crippen LogP contribution in [0.25, 0.3) is 0 Å². The smallest absolute Gasteiger partial charge is 0.320 e. The third kappa shape index (κ3) is 2.67. The number of nitrogens with one attached hydrogen (secondary N) is 1. The summed E-state index contributed by atoms with van der Waals surface area (Å²) in [6.07, 6.45) is 3.33. The van der Waals surface area contributed by atoms with Gasteiger partial charge < -0.3 is 9.84 Å². The van der Waals surface area contributed by atoms with E-state index in [1.165, 1.54) is 0 Å².